The normalized spacial score (nSPS) is 16.7. The van der Waals surface area contributed by atoms with Gasteiger partial charge in [-0.15, -0.1) is 11.3 Å². The molecule has 206 valence electrons. The minimum atomic E-state index is -0.821. The fourth-order valence-electron chi connectivity index (χ4n) is 5.90. The molecule has 0 aliphatic carbocycles. The summed E-state index contributed by atoms with van der Waals surface area (Å²) in [6.45, 7) is 4.38. The summed E-state index contributed by atoms with van der Waals surface area (Å²) < 4.78 is 20.3. The Morgan fingerprint density at radius 1 is 0.975 bits per heavy atom. The van der Waals surface area contributed by atoms with Gasteiger partial charge in [0.1, 0.15) is 5.82 Å². The van der Waals surface area contributed by atoms with Crippen molar-refractivity contribution in [3.63, 3.8) is 0 Å². The monoisotopic (exact) mass is 557 g/mol. The minimum absolute atomic E-state index is 0.0721. The lowest BCUT2D eigenvalue weighted by Gasteiger charge is -2.37. The number of thiophene rings is 1. The Bertz CT molecular complexity index is 1530. The Labute approximate surface area is 237 Å². The number of esters is 1. The summed E-state index contributed by atoms with van der Waals surface area (Å²) in [7, 11) is 1.36. The average Bonchev–Trinajstić information content (AvgIpc) is 3.46. The number of benzene rings is 3. The van der Waals surface area contributed by atoms with Gasteiger partial charge in [-0.25, -0.2) is 9.18 Å². The lowest BCUT2D eigenvalue weighted by Crippen LogP contribution is -2.47. The topological polar surface area (TPSA) is 53.1 Å². The van der Waals surface area contributed by atoms with E-state index in [1.807, 2.05) is 35.7 Å². The molecule has 1 amide bonds. The zero-order valence-electron chi connectivity index (χ0n) is 22.5. The smallest absolute Gasteiger partial charge is 0.333 e. The van der Waals surface area contributed by atoms with E-state index in [0.717, 1.165) is 77.3 Å². The van der Waals surface area contributed by atoms with Gasteiger partial charge >= 0.3 is 5.97 Å². The molecule has 4 aromatic rings. The Kier molecular flexibility index (Phi) is 7.54. The van der Waals surface area contributed by atoms with Crippen LogP contribution in [0, 0.1) is 5.82 Å². The fourth-order valence-corrected chi connectivity index (χ4v) is 6.73. The van der Waals surface area contributed by atoms with Crippen LogP contribution in [0.1, 0.15) is 29.2 Å². The van der Waals surface area contributed by atoms with Crippen LogP contribution in [0.4, 0.5) is 15.8 Å². The molecule has 8 heteroatoms. The summed E-state index contributed by atoms with van der Waals surface area (Å²) in [5.41, 5.74) is 4.70. The number of carbonyl (C=O) groups excluding carboxylic acids is 2. The maximum absolute atomic E-state index is 14.2. The number of carbonyl (C=O) groups is 2. The molecule has 40 heavy (non-hydrogen) atoms. The van der Waals surface area contributed by atoms with E-state index in [2.05, 4.69) is 34.1 Å². The zero-order valence-corrected chi connectivity index (χ0v) is 23.3. The highest BCUT2D eigenvalue weighted by molar-refractivity contribution is 7.17. The van der Waals surface area contributed by atoms with E-state index >= 15 is 0 Å². The lowest BCUT2D eigenvalue weighted by atomic mass is 9.94. The molecule has 2 aliphatic heterocycles. The van der Waals surface area contributed by atoms with Crippen LogP contribution in [-0.4, -0.2) is 56.6 Å². The zero-order chi connectivity index (χ0) is 27.6. The van der Waals surface area contributed by atoms with Gasteiger partial charge in [0.2, 0.25) is 5.91 Å². The Morgan fingerprint density at radius 3 is 2.55 bits per heavy atom. The molecule has 0 N–H and O–H groups in total. The van der Waals surface area contributed by atoms with Crippen LogP contribution in [0.15, 0.2) is 72.1 Å². The van der Waals surface area contributed by atoms with Crippen molar-refractivity contribution in [1.82, 2.24) is 4.90 Å². The molecule has 1 fully saturated rings. The van der Waals surface area contributed by atoms with Gasteiger partial charge in [0, 0.05) is 60.6 Å². The molecule has 1 unspecified atom stereocenters. The first kappa shape index (κ1) is 26.5. The van der Waals surface area contributed by atoms with Crippen LogP contribution in [0.5, 0.6) is 0 Å². The largest absolute Gasteiger partial charge is 0.467 e. The van der Waals surface area contributed by atoms with Crippen LogP contribution in [0.3, 0.4) is 0 Å². The van der Waals surface area contributed by atoms with Gasteiger partial charge in [-0.2, -0.15) is 0 Å². The van der Waals surface area contributed by atoms with Gasteiger partial charge < -0.3 is 9.64 Å². The summed E-state index contributed by atoms with van der Waals surface area (Å²) in [4.78, 5) is 32.5. The van der Waals surface area contributed by atoms with Crippen molar-refractivity contribution < 1.29 is 18.7 Å². The van der Waals surface area contributed by atoms with Crippen molar-refractivity contribution in [2.24, 2.45) is 0 Å². The number of halogens is 1. The van der Waals surface area contributed by atoms with Gasteiger partial charge in [-0.1, -0.05) is 42.5 Å². The molecule has 3 heterocycles. The quantitative estimate of drug-likeness (QED) is 0.277. The second-order valence-corrected chi connectivity index (χ2v) is 11.3. The average molecular weight is 558 g/mol. The standard InChI is InChI=1S/C32H32FN3O3S/c1-39-32(38)31(24-5-3-2-4-6-24)36-27-19-22(7-8-23(27)9-10-30(36)37)11-13-34-14-16-35(17-15-34)28-20-25(33)21-29-26(28)12-18-40-29/h2-8,12,18-21,31H,9-11,13-17H2,1H3. The van der Waals surface area contributed by atoms with E-state index in [9.17, 15) is 14.0 Å². The SMILES string of the molecule is COC(=O)C(c1ccccc1)N1C(=O)CCc2ccc(CCN3CCN(c4cc(F)cc5sccc45)CC3)cc21. The van der Waals surface area contributed by atoms with E-state index in [4.69, 9.17) is 4.74 Å². The highest BCUT2D eigenvalue weighted by Crippen LogP contribution is 2.37. The van der Waals surface area contributed by atoms with E-state index in [-0.39, 0.29) is 11.7 Å². The number of ether oxygens (including phenoxy) is 1. The van der Waals surface area contributed by atoms with E-state index in [0.29, 0.717) is 12.8 Å². The Hall–Kier alpha value is -3.75. The number of rotatable bonds is 7. The van der Waals surface area contributed by atoms with Crippen molar-refractivity contribution in [3.05, 3.63) is 94.6 Å². The number of fused-ring (bicyclic) bond motifs is 2. The van der Waals surface area contributed by atoms with Gasteiger partial charge in [0.25, 0.3) is 0 Å². The van der Waals surface area contributed by atoms with Crippen molar-refractivity contribution >= 4 is 44.7 Å². The summed E-state index contributed by atoms with van der Waals surface area (Å²) in [5.74, 6) is -0.709. The second kappa shape index (κ2) is 11.4. The molecular formula is C32H32FN3O3S. The highest BCUT2D eigenvalue weighted by Gasteiger charge is 2.36. The Balaban J connectivity index is 1.16. The van der Waals surface area contributed by atoms with Gasteiger partial charge in [0.05, 0.1) is 7.11 Å². The number of amides is 1. The van der Waals surface area contributed by atoms with E-state index in [1.54, 1.807) is 28.4 Å². The summed E-state index contributed by atoms with van der Waals surface area (Å²) in [6, 6.07) is 20.2. The Morgan fingerprint density at radius 2 is 1.77 bits per heavy atom. The second-order valence-electron chi connectivity index (χ2n) is 10.4. The first-order valence-corrected chi connectivity index (χ1v) is 14.6. The number of hydrogen-bond donors (Lipinski definition) is 0. The fraction of sp³-hybridized carbons (Fsp3) is 0.312. The maximum Gasteiger partial charge on any atom is 0.333 e. The number of anilines is 2. The maximum atomic E-state index is 14.2. The lowest BCUT2D eigenvalue weighted by molar-refractivity contribution is -0.143. The van der Waals surface area contributed by atoms with Crippen LogP contribution in [-0.2, 0) is 27.2 Å². The molecule has 6 rings (SSSR count). The predicted octanol–water partition coefficient (Wildman–Crippen LogP) is 5.60. The molecule has 1 aromatic heterocycles. The van der Waals surface area contributed by atoms with Crippen molar-refractivity contribution in [3.8, 4) is 0 Å². The van der Waals surface area contributed by atoms with Gasteiger partial charge in [-0.05, 0) is 59.2 Å². The number of hydrogen-bond acceptors (Lipinski definition) is 6. The highest BCUT2D eigenvalue weighted by atomic mass is 32.1. The number of methoxy groups -OCH3 is 1. The van der Waals surface area contributed by atoms with Gasteiger partial charge in [-0.3, -0.25) is 14.6 Å². The first-order valence-electron chi connectivity index (χ1n) is 13.7. The van der Waals surface area contributed by atoms with Crippen LogP contribution < -0.4 is 9.80 Å². The molecule has 6 nitrogen and oxygen atoms in total. The molecule has 0 spiro atoms. The molecule has 0 radical (unpaired) electrons. The van der Waals surface area contributed by atoms with Gasteiger partial charge in [0.15, 0.2) is 6.04 Å². The van der Waals surface area contributed by atoms with E-state index in [1.165, 1.54) is 7.11 Å². The minimum Gasteiger partial charge on any atom is -0.467 e. The summed E-state index contributed by atoms with van der Waals surface area (Å²) in [6.07, 6.45) is 1.85. The molecular weight excluding hydrogens is 525 g/mol. The molecule has 1 atom stereocenters. The molecule has 2 aliphatic rings. The van der Waals surface area contributed by atoms with E-state index < -0.39 is 12.0 Å². The first-order chi connectivity index (χ1) is 19.5. The van der Waals surface area contributed by atoms with Crippen LogP contribution in [0.25, 0.3) is 10.1 Å². The number of nitrogens with zero attached hydrogens (tertiary/aromatic N) is 3. The van der Waals surface area contributed by atoms with Crippen molar-refractivity contribution in [2.45, 2.75) is 25.3 Å². The molecule has 3 aromatic carbocycles. The molecule has 0 saturated carbocycles. The summed E-state index contributed by atoms with van der Waals surface area (Å²) in [5, 5.41) is 3.14. The predicted molar refractivity (Wildman–Crippen MR) is 158 cm³/mol. The third-order valence-electron chi connectivity index (χ3n) is 8.03. The number of piperazine rings is 1. The van der Waals surface area contributed by atoms with Crippen molar-refractivity contribution in [2.75, 3.05) is 49.6 Å². The molecule has 0 bridgehead atoms. The van der Waals surface area contributed by atoms with Crippen molar-refractivity contribution in [1.29, 1.82) is 0 Å². The van der Waals surface area contributed by atoms with Crippen LogP contribution >= 0.6 is 11.3 Å². The third kappa shape index (κ3) is 5.21. The summed E-state index contributed by atoms with van der Waals surface area (Å²) >= 11 is 1.57. The third-order valence-corrected chi connectivity index (χ3v) is 8.89. The van der Waals surface area contributed by atoms with Crippen LogP contribution in [0.2, 0.25) is 0 Å². The molecule has 1 saturated heterocycles. The number of aryl methyl sites for hydroxylation is 1.